The number of aromatic hydroxyl groups is 1. The molecule has 0 aliphatic carbocycles. The summed E-state index contributed by atoms with van der Waals surface area (Å²) in [5, 5.41) is 14.5. The van der Waals surface area contributed by atoms with Crippen molar-refractivity contribution in [2.75, 3.05) is 0 Å². The second kappa shape index (κ2) is 7.72. The Morgan fingerprint density at radius 1 is 1.27 bits per heavy atom. The van der Waals surface area contributed by atoms with Crippen molar-refractivity contribution in [1.82, 2.24) is 9.66 Å². The van der Waals surface area contributed by atoms with Gasteiger partial charge < -0.3 is 5.11 Å². The third kappa shape index (κ3) is 3.73. The van der Waals surface area contributed by atoms with Gasteiger partial charge in [0.2, 0.25) is 0 Å². The van der Waals surface area contributed by atoms with Gasteiger partial charge in [0, 0.05) is 10.4 Å². The average molecular weight is 479 g/mol. The number of phenols is 1. The van der Waals surface area contributed by atoms with E-state index in [4.69, 9.17) is 0 Å². The van der Waals surface area contributed by atoms with Crippen molar-refractivity contribution in [3.63, 3.8) is 0 Å². The van der Waals surface area contributed by atoms with Crippen LogP contribution in [0.15, 0.2) is 55.2 Å². The van der Waals surface area contributed by atoms with E-state index in [0.717, 1.165) is 16.5 Å². The Kier molecular flexibility index (Phi) is 5.58. The van der Waals surface area contributed by atoms with Gasteiger partial charge in [-0.05, 0) is 64.3 Å². The van der Waals surface area contributed by atoms with E-state index in [-0.39, 0.29) is 17.2 Å². The van der Waals surface area contributed by atoms with Crippen molar-refractivity contribution < 1.29 is 5.11 Å². The normalized spacial score (nSPS) is 12.8. The van der Waals surface area contributed by atoms with E-state index in [2.05, 4.69) is 41.9 Å². The maximum atomic E-state index is 13.0. The van der Waals surface area contributed by atoms with Crippen molar-refractivity contribution in [3.05, 3.63) is 67.1 Å². The third-order valence-corrected chi connectivity index (χ3v) is 5.31. The zero-order valence-corrected chi connectivity index (χ0v) is 17.5. The quantitative estimate of drug-likeness (QED) is 0.535. The Morgan fingerprint density at radius 3 is 2.73 bits per heavy atom. The van der Waals surface area contributed by atoms with Gasteiger partial charge in [-0.2, -0.15) is 9.78 Å². The molecule has 1 heterocycles. The third-order valence-electron chi connectivity index (χ3n) is 4.18. The predicted molar refractivity (Wildman–Crippen MR) is 111 cm³/mol. The van der Waals surface area contributed by atoms with Gasteiger partial charge in [0.15, 0.2) is 0 Å². The van der Waals surface area contributed by atoms with Crippen molar-refractivity contribution in [2.24, 2.45) is 5.10 Å². The monoisotopic (exact) mass is 477 g/mol. The molecule has 0 spiro atoms. The summed E-state index contributed by atoms with van der Waals surface area (Å²) in [4.78, 5) is 17.7. The Labute approximate surface area is 167 Å². The van der Waals surface area contributed by atoms with Crippen LogP contribution in [-0.4, -0.2) is 21.0 Å². The Balaban J connectivity index is 2.18. The van der Waals surface area contributed by atoms with Crippen molar-refractivity contribution >= 4 is 49.0 Å². The smallest absolute Gasteiger partial charge is 0.282 e. The average Bonchev–Trinajstić information content (AvgIpc) is 2.63. The van der Waals surface area contributed by atoms with E-state index in [9.17, 15) is 9.90 Å². The van der Waals surface area contributed by atoms with Crippen LogP contribution in [0.1, 0.15) is 37.6 Å². The van der Waals surface area contributed by atoms with Gasteiger partial charge in [-0.15, -0.1) is 0 Å². The van der Waals surface area contributed by atoms with Crippen LogP contribution in [0.5, 0.6) is 5.75 Å². The largest absolute Gasteiger partial charge is 0.507 e. The van der Waals surface area contributed by atoms with Crippen LogP contribution in [-0.2, 0) is 0 Å². The second-order valence-corrected chi connectivity index (χ2v) is 7.78. The van der Waals surface area contributed by atoms with Crippen molar-refractivity contribution in [1.29, 1.82) is 0 Å². The maximum Gasteiger partial charge on any atom is 0.282 e. The highest BCUT2D eigenvalue weighted by Crippen LogP contribution is 2.24. The Hall–Kier alpha value is -1.99. The lowest BCUT2D eigenvalue weighted by atomic mass is 10.1. The van der Waals surface area contributed by atoms with E-state index in [0.29, 0.717) is 21.2 Å². The highest BCUT2D eigenvalue weighted by molar-refractivity contribution is 9.10. The summed E-state index contributed by atoms with van der Waals surface area (Å²) < 4.78 is 2.75. The van der Waals surface area contributed by atoms with Gasteiger partial charge in [0.25, 0.3) is 5.56 Å². The summed E-state index contributed by atoms with van der Waals surface area (Å²) in [5.41, 5.74) is 1.21. The minimum Gasteiger partial charge on any atom is -0.507 e. The molecule has 0 amide bonds. The van der Waals surface area contributed by atoms with E-state index in [1.807, 2.05) is 26.0 Å². The number of hydrogen-bond acceptors (Lipinski definition) is 4. The Bertz CT molecular complexity index is 1060. The van der Waals surface area contributed by atoms with Gasteiger partial charge in [-0.3, -0.25) is 4.79 Å². The van der Waals surface area contributed by atoms with E-state index in [1.54, 1.807) is 30.5 Å². The van der Waals surface area contributed by atoms with Crippen LogP contribution >= 0.6 is 31.9 Å². The van der Waals surface area contributed by atoms with Gasteiger partial charge >= 0.3 is 0 Å². The summed E-state index contributed by atoms with van der Waals surface area (Å²) in [7, 11) is 0. The summed E-state index contributed by atoms with van der Waals surface area (Å²) in [6.07, 6.45) is 2.43. The zero-order chi connectivity index (χ0) is 18.8. The SMILES string of the molecule is CC[C@H](C)c1nc2ccc(Br)cc2c(=O)n1N=Cc1ccc(O)c(Br)c1. The molecule has 3 aromatic rings. The number of fused-ring (bicyclic) bond motifs is 1. The molecule has 0 aliphatic heterocycles. The molecule has 1 aromatic heterocycles. The number of nitrogens with zero attached hydrogens (tertiary/aromatic N) is 3. The molecule has 0 bridgehead atoms. The lowest BCUT2D eigenvalue weighted by Gasteiger charge is -2.14. The summed E-state index contributed by atoms with van der Waals surface area (Å²) in [6.45, 7) is 4.07. The van der Waals surface area contributed by atoms with Crippen LogP contribution < -0.4 is 5.56 Å². The van der Waals surface area contributed by atoms with Gasteiger partial charge in [-0.25, -0.2) is 4.98 Å². The zero-order valence-electron chi connectivity index (χ0n) is 14.3. The minimum absolute atomic E-state index is 0.0828. The summed E-state index contributed by atoms with van der Waals surface area (Å²) in [6, 6.07) is 10.5. The molecular formula is C19H17Br2N3O2. The minimum atomic E-state index is -0.208. The molecule has 0 fully saturated rings. The molecule has 5 nitrogen and oxygen atoms in total. The lowest BCUT2D eigenvalue weighted by molar-refractivity contribution is 0.472. The van der Waals surface area contributed by atoms with Gasteiger partial charge in [0.1, 0.15) is 11.6 Å². The molecule has 1 N–H and O–H groups in total. The number of benzene rings is 2. The standard InChI is InChI=1S/C19H17Br2N3O2/c1-3-11(2)18-23-16-6-5-13(20)9-14(16)19(26)24(18)22-10-12-4-7-17(25)15(21)8-12/h4-11,25H,3H2,1-2H3/t11-/m0/s1. The second-order valence-electron chi connectivity index (χ2n) is 6.01. The molecule has 26 heavy (non-hydrogen) atoms. The molecule has 0 unspecified atom stereocenters. The maximum absolute atomic E-state index is 13.0. The van der Waals surface area contributed by atoms with Crippen LogP contribution in [0, 0.1) is 0 Å². The first-order valence-corrected chi connectivity index (χ1v) is 9.74. The number of aromatic nitrogens is 2. The molecule has 0 aliphatic rings. The summed E-state index contributed by atoms with van der Waals surface area (Å²) >= 11 is 6.68. The van der Waals surface area contributed by atoms with Crippen LogP contribution in [0.2, 0.25) is 0 Å². The van der Waals surface area contributed by atoms with Crippen molar-refractivity contribution in [2.45, 2.75) is 26.2 Å². The highest BCUT2D eigenvalue weighted by atomic mass is 79.9. The first kappa shape index (κ1) is 18.8. The fourth-order valence-corrected chi connectivity index (χ4v) is 3.26. The predicted octanol–water partition coefficient (Wildman–Crippen LogP) is 5.02. The van der Waals surface area contributed by atoms with E-state index >= 15 is 0 Å². The highest BCUT2D eigenvalue weighted by Gasteiger charge is 2.15. The molecular weight excluding hydrogens is 462 g/mol. The van der Waals surface area contributed by atoms with Crippen molar-refractivity contribution in [3.8, 4) is 5.75 Å². The van der Waals surface area contributed by atoms with Crippen LogP contribution in [0.3, 0.4) is 0 Å². The number of halogens is 2. The first-order chi connectivity index (χ1) is 12.4. The molecule has 7 heteroatoms. The molecule has 0 saturated carbocycles. The molecule has 134 valence electrons. The van der Waals surface area contributed by atoms with Crippen LogP contribution in [0.4, 0.5) is 0 Å². The fraction of sp³-hybridized carbons (Fsp3) is 0.211. The van der Waals surface area contributed by atoms with Gasteiger partial charge in [-0.1, -0.05) is 29.8 Å². The number of rotatable bonds is 4. The molecule has 1 atom stereocenters. The molecule has 0 saturated heterocycles. The van der Waals surface area contributed by atoms with Crippen LogP contribution in [0.25, 0.3) is 10.9 Å². The molecule has 3 rings (SSSR count). The Morgan fingerprint density at radius 2 is 2.04 bits per heavy atom. The number of phenolic OH excluding ortho intramolecular Hbond substituents is 1. The fourth-order valence-electron chi connectivity index (χ4n) is 2.51. The van der Waals surface area contributed by atoms with Gasteiger partial charge in [0.05, 0.1) is 21.6 Å². The summed E-state index contributed by atoms with van der Waals surface area (Å²) in [5.74, 6) is 0.859. The topological polar surface area (TPSA) is 67.5 Å². The first-order valence-electron chi connectivity index (χ1n) is 8.15. The molecule has 2 aromatic carbocycles. The van der Waals surface area contributed by atoms with E-state index in [1.165, 1.54) is 4.68 Å². The number of hydrogen-bond donors (Lipinski definition) is 1. The lowest BCUT2D eigenvalue weighted by Crippen LogP contribution is -2.23. The van der Waals surface area contributed by atoms with E-state index < -0.39 is 0 Å². The molecule has 0 radical (unpaired) electrons.